The number of sulfonamides is 1. The molecule has 0 atom stereocenters. The Morgan fingerprint density at radius 1 is 1.48 bits per heavy atom. The minimum atomic E-state index is -3.87. The summed E-state index contributed by atoms with van der Waals surface area (Å²) in [5.41, 5.74) is 0.805. The molecule has 2 rings (SSSR count). The lowest BCUT2D eigenvalue weighted by Crippen LogP contribution is -2.40. The van der Waals surface area contributed by atoms with Gasteiger partial charge in [-0.2, -0.15) is 13.5 Å². The first-order valence-corrected chi connectivity index (χ1v) is 9.15. The summed E-state index contributed by atoms with van der Waals surface area (Å²) in [6, 6.07) is 6.05. The fourth-order valence-corrected chi connectivity index (χ4v) is 3.36. The van der Waals surface area contributed by atoms with Crippen LogP contribution in [0.3, 0.4) is 0 Å². The van der Waals surface area contributed by atoms with Crippen molar-refractivity contribution in [1.29, 1.82) is 0 Å². The van der Waals surface area contributed by atoms with Gasteiger partial charge in [-0.25, -0.2) is 5.01 Å². The number of rotatable bonds is 3. The molecule has 1 aliphatic heterocycles. The predicted molar refractivity (Wildman–Crippen MR) is 93.3 cm³/mol. The third kappa shape index (κ3) is 4.03. The third-order valence-electron chi connectivity index (χ3n) is 3.68. The summed E-state index contributed by atoms with van der Waals surface area (Å²) in [5, 5.41) is 9.35. The maximum absolute atomic E-state index is 12.5. The van der Waals surface area contributed by atoms with Crippen LogP contribution in [0.5, 0.6) is 0 Å². The van der Waals surface area contributed by atoms with E-state index in [1.54, 1.807) is 17.1 Å². The molecule has 1 heterocycles. The highest BCUT2D eigenvalue weighted by Crippen LogP contribution is 2.26. The predicted octanol–water partition coefficient (Wildman–Crippen LogP) is 2.71. The number of nitrogens with one attached hydrogen (secondary N) is 1. The first kappa shape index (κ1) is 17.7. The molecule has 1 aliphatic rings. The number of guanidine groups is 1. The first-order chi connectivity index (χ1) is 10.7. The van der Waals surface area contributed by atoms with Crippen molar-refractivity contribution >= 4 is 33.3 Å². The van der Waals surface area contributed by atoms with Gasteiger partial charge in [0.25, 0.3) is 10.0 Å². The van der Waals surface area contributed by atoms with E-state index in [4.69, 9.17) is 11.6 Å². The Hall–Kier alpha value is -1.60. The fraction of sp³-hybridized carbons (Fsp3) is 0.467. The summed E-state index contributed by atoms with van der Waals surface area (Å²) in [6.45, 7) is 9.02. The smallest absolute Gasteiger partial charge is 0.285 e. The molecule has 0 spiro atoms. The molecule has 0 aliphatic carbocycles. The van der Waals surface area contributed by atoms with Crippen molar-refractivity contribution in [1.82, 2.24) is 10.3 Å². The van der Waals surface area contributed by atoms with Gasteiger partial charge >= 0.3 is 0 Å². The molecule has 1 aromatic rings. The maximum atomic E-state index is 12.5. The summed E-state index contributed by atoms with van der Waals surface area (Å²) in [6.07, 6.45) is 0. The molecule has 8 heteroatoms. The Morgan fingerprint density at radius 3 is 2.70 bits per heavy atom. The molecular formula is C15H21ClN4O2S. The molecule has 1 aromatic carbocycles. The van der Waals surface area contributed by atoms with Crippen LogP contribution >= 0.6 is 11.6 Å². The molecule has 6 nitrogen and oxygen atoms in total. The molecule has 0 unspecified atom stereocenters. The second-order valence-corrected chi connectivity index (χ2v) is 8.05. The lowest BCUT2D eigenvalue weighted by atomic mass is 9.89. The van der Waals surface area contributed by atoms with E-state index in [0.29, 0.717) is 18.1 Å². The van der Waals surface area contributed by atoms with Crippen LogP contribution in [-0.2, 0) is 10.0 Å². The van der Waals surface area contributed by atoms with Gasteiger partial charge in [0.1, 0.15) is 0 Å². The van der Waals surface area contributed by atoms with E-state index in [-0.39, 0.29) is 16.3 Å². The lowest BCUT2D eigenvalue weighted by Gasteiger charge is -2.21. The van der Waals surface area contributed by atoms with Crippen LogP contribution in [0, 0.1) is 5.41 Å². The summed E-state index contributed by atoms with van der Waals surface area (Å²) in [5.74, 6) is 0.220. The topological polar surface area (TPSA) is 74.1 Å². The van der Waals surface area contributed by atoms with E-state index in [1.165, 1.54) is 12.1 Å². The van der Waals surface area contributed by atoms with E-state index >= 15 is 0 Å². The second-order valence-electron chi connectivity index (χ2n) is 6.00. The van der Waals surface area contributed by atoms with Crippen LogP contribution in [0.1, 0.15) is 27.7 Å². The van der Waals surface area contributed by atoms with Crippen LogP contribution in [0.4, 0.5) is 0 Å². The van der Waals surface area contributed by atoms with Crippen molar-refractivity contribution in [2.24, 2.45) is 14.9 Å². The average molecular weight is 357 g/mol. The van der Waals surface area contributed by atoms with Crippen LogP contribution in [0.15, 0.2) is 38.7 Å². The van der Waals surface area contributed by atoms with E-state index < -0.39 is 10.0 Å². The van der Waals surface area contributed by atoms with Crippen molar-refractivity contribution < 1.29 is 8.42 Å². The Balaban J connectivity index is 2.40. The van der Waals surface area contributed by atoms with Crippen molar-refractivity contribution in [2.75, 3.05) is 13.1 Å². The zero-order valence-corrected chi connectivity index (χ0v) is 15.2. The Kier molecular flexibility index (Phi) is 5.01. The van der Waals surface area contributed by atoms with Gasteiger partial charge in [-0.05, 0) is 32.0 Å². The number of benzene rings is 1. The number of hydrogen-bond donors (Lipinski definition) is 1. The van der Waals surface area contributed by atoms with Gasteiger partial charge in [-0.15, -0.1) is 4.40 Å². The summed E-state index contributed by atoms with van der Waals surface area (Å²) in [7, 11) is -3.87. The van der Waals surface area contributed by atoms with Crippen LogP contribution in [-0.4, -0.2) is 38.2 Å². The minimum absolute atomic E-state index is 0.0551. The monoisotopic (exact) mass is 356 g/mol. The SMILES string of the molecule is CCN/C(=N\S(=O)(=O)c1cccc(Cl)c1)N1CC(C)(C)C(C)=N1. The zero-order valence-electron chi connectivity index (χ0n) is 13.7. The van der Waals surface area contributed by atoms with E-state index in [2.05, 4.69) is 28.7 Å². The molecule has 0 saturated carbocycles. The van der Waals surface area contributed by atoms with Gasteiger partial charge in [0.15, 0.2) is 0 Å². The molecule has 126 valence electrons. The van der Waals surface area contributed by atoms with Gasteiger partial charge in [0.05, 0.1) is 11.4 Å². The standard InChI is InChI=1S/C15H21ClN4O2S/c1-5-17-14(20-10-15(3,4)11(2)18-20)19-23(21,22)13-8-6-7-12(16)9-13/h6-9H,5,10H2,1-4H3,(H,17,19). The summed E-state index contributed by atoms with van der Waals surface area (Å²) in [4.78, 5) is 0.0551. The van der Waals surface area contributed by atoms with Crippen LogP contribution in [0.25, 0.3) is 0 Å². The van der Waals surface area contributed by atoms with Gasteiger partial charge in [0.2, 0.25) is 5.96 Å². The lowest BCUT2D eigenvalue weighted by molar-refractivity contribution is 0.374. The number of hydrogen-bond acceptors (Lipinski definition) is 3. The minimum Gasteiger partial charge on any atom is -0.354 e. The summed E-state index contributed by atoms with van der Waals surface area (Å²) < 4.78 is 28.9. The fourth-order valence-electron chi connectivity index (χ4n) is 2.09. The molecule has 0 radical (unpaired) electrons. The Bertz CT molecular complexity index is 756. The average Bonchev–Trinajstić information content (AvgIpc) is 2.72. The van der Waals surface area contributed by atoms with E-state index in [9.17, 15) is 8.42 Å². The number of halogens is 1. The van der Waals surface area contributed by atoms with Gasteiger partial charge in [-0.3, -0.25) is 0 Å². The number of hydrazone groups is 1. The molecule has 0 fully saturated rings. The highest BCUT2D eigenvalue weighted by Gasteiger charge is 2.34. The largest absolute Gasteiger partial charge is 0.354 e. The number of nitrogens with zero attached hydrogens (tertiary/aromatic N) is 3. The Morgan fingerprint density at radius 2 is 2.17 bits per heavy atom. The molecule has 0 amide bonds. The third-order valence-corrected chi connectivity index (χ3v) is 5.17. The maximum Gasteiger partial charge on any atom is 0.285 e. The highest BCUT2D eigenvalue weighted by atomic mass is 35.5. The molecule has 0 bridgehead atoms. The van der Waals surface area contributed by atoms with Crippen LogP contribution < -0.4 is 5.32 Å². The first-order valence-electron chi connectivity index (χ1n) is 7.33. The molecule has 0 saturated heterocycles. The molecule has 1 N–H and O–H groups in total. The molecule has 0 aromatic heterocycles. The normalized spacial score (nSPS) is 18.0. The van der Waals surface area contributed by atoms with Gasteiger partial charge in [0, 0.05) is 22.7 Å². The van der Waals surface area contributed by atoms with Crippen molar-refractivity contribution in [2.45, 2.75) is 32.6 Å². The van der Waals surface area contributed by atoms with Crippen molar-refractivity contribution in [3.63, 3.8) is 0 Å². The quantitative estimate of drug-likeness (QED) is 0.667. The molecular weight excluding hydrogens is 336 g/mol. The highest BCUT2D eigenvalue weighted by molar-refractivity contribution is 7.90. The zero-order chi connectivity index (χ0) is 17.3. The van der Waals surface area contributed by atoms with E-state index in [0.717, 1.165) is 5.71 Å². The second kappa shape index (κ2) is 6.49. The van der Waals surface area contributed by atoms with E-state index in [1.807, 2.05) is 13.8 Å². The Labute approximate surface area is 142 Å². The van der Waals surface area contributed by atoms with Crippen molar-refractivity contribution in [3.8, 4) is 0 Å². The molecule has 23 heavy (non-hydrogen) atoms. The van der Waals surface area contributed by atoms with Crippen LogP contribution in [0.2, 0.25) is 5.02 Å². The van der Waals surface area contributed by atoms with Gasteiger partial charge < -0.3 is 5.32 Å². The van der Waals surface area contributed by atoms with Gasteiger partial charge in [-0.1, -0.05) is 31.5 Å². The summed E-state index contributed by atoms with van der Waals surface area (Å²) >= 11 is 5.87. The van der Waals surface area contributed by atoms with Crippen molar-refractivity contribution in [3.05, 3.63) is 29.3 Å².